The lowest BCUT2D eigenvalue weighted by atomic mass is 10.2. The van der Waals surface area contributed by atoms with Crippen molar-refractivity contribution in [3.05, 3.63) is 83.3 Å². The maximum atomic E-state index is 11.8. The molecular formula is C24H22N2O5. The number of aliphatic imine (C=N–C) groups is 2. The number of rotatable bonds is 8. The van der Waals surface area contributed by atoms with E-state index in [1.807, 2.05) is 0 Å². The third-order valence-corrected chi connectivity index (χ3v) is 4.04. The van der Waals surface area contributed by atoms with E-state index in [1.165, 1.54) is 0 Å². The molecule has 0 unspecified atom stereocenters. The smallest absolute Gasteiger partial charge is 0.338 e. The van der Waals surface area contributed by atoms with Crippen LogP contribution in [0, 0.1) is 0 Å². The van der Waals surface area contributed by atoms with Crippen molar-refractivity contribution < 1.29 is 23.5 Å². The number of carbonyl (C=O) groups is 2. The predicted octanol–water partition coefficient (Wildman–Crippen LogP) is 5.13. The zero-order valence-electron chi connectivity index (χ0n) is 17.3. The normalized spacial score (nSPS) is 11.2. The monoisotopic (exact) mass is 418 g/mol. The van der Waals surface area contributed by atoms with Crippen molar-refractivity contribution in [3.63, 3.8) is 0 Å². The van der Waals surface area contributed by atoms with Gasteiger partial charge in [0.1, 0.15) is 11.5 Å². The second kappa shape index (κ2) is 10.7. The Labute approximate surface area is 180 Å². The second-order valence-corrected chi connectivity index (χ2v) is 6.30. The van der Waals surface area contributed by atoms with Crippen LogP contribution in [0.15, 0.2) is 75.1 Å². The Bertz CT molecular complexity index is 1030. The van der Waals surface area contributed by atoms with Gasteiger partial charge in [-0.1, -0.05) is 12.1 Å². The second-order valence-electron chi connectivity index (χ2n) is 6.30. The summed E-state index contributed by atoms with van der Waals surface area (Å²) in [7, 11) is 0. The van der Waals surface area contributed by atoms with Crippen LogP contribution < -0.4 is 0 Å². The SMILES string of the molecule is CCOC(=O)c1cccc(N=Cc2ccc(C=Nc3cccc(C(=O)OCC)c3)o2)c1. The summed E-state index contributed by atoms with van der Waals surface area (Å²) in [5, 5.41) is 0. The maximum absolute atomic E-state index is 11.8. The first kappa shape index (κ1) is 21.7. The van der Waals surface area contributed by atoms with Crippen molar-refractivity contribution in [3.8, 4) is 0 Å². The first-order valence-electron chi connectivity index (χ1n) is 9.81. The van der Waals surface area contributed by atoms with Crippen LogP contribution in [0.25, 0.3) is 0 Å². The van der Waals surface area contributed by atoms with E-state index in [9.17, 15) is 9.59 Å². The fourth-order valence-corrected chi connectivity index (χ4v) is 2.64. The van der Waals surface area contributed by atoms with Crippen LogP contribution in [-0.2, 0) is 9.47 Å². The number of furan rings is 1. The summed E-state index contributed by atoms with van der Waals surface area (Å²) in [5.41, 5.74) is 2.09. The van der Waals surface area contributed by atoms with Crippen molar-refractivity contribution in [2.45, 2.75) is 13.8 Å². The molecule has 1 aromatic heterocycles. The first-order valence-corrected chi connectivity index (χ1v) is 9.81. The molecule has 7 nitrogen and oxygen atoms in total. The van der Waals surface area contributed by atoms with Crippen LogP contribution in [0.5, 0.6) is 0 Å². The van der Waals surface area contributed by atoms with E-state index in [1.54, 1.807) is 86.9 Å². The Kier molecular flexibility index (Phi) is 7.48. The summed E-state index contributed by atoms with van der Waals surface area (Å²) in [5.74, 6) is 0.290. The molecule has 0 amide bonds. The van der Waals surface area contributed by atoms with E-state index in [0.717, 1.165) is 0 Å². The molecule has 0 atom stereocenters. The lowest BCUT2D eigenvalue weighted by Gasteiger charge is -2.02. The molecule has 7 heteroatoms. The molecule has 0 aliphatic rings. The highest BCUT2D eigenvalue weighted by molar-refractivity contribution is 5.91. The summed E-state index contributed by atoms with van der Waals surface area (Å²) in [4.78, 5) is 32.3. The highest BCUT2D eigenvalue weighted by Crippen LogP contribution is 2.17. The van der Waals surface area contributed by atoms with Gasteiger partial charge in [0.2, 0.25) is 0 Å². The van der Waals surface area contributed by atoms with E-state index in [-0.39, 0.29) is 11.9 Å². The lowest BCUT2D eigenvalue weighted by molar-refractivity contribution is 0.0517. The molecule has 0 fully saturated rings. The number of hydrogen-bond donors (Lipinski definition) is 0. The molecular weight excluding hydrogens is 396 g/mol. The number of nitrogens with zero attached hydrogens (tertiary/aromatic N) is 2. The zero-order valence-corrected chi connectivity index (χ0v) is 17.3. The van der Waals surface area contributed by atoms with Crippen molar-refractivity contribution in [2.24, 2.45) is 9.98 Å². The summed E-state index contributed by atoms with van der Waals surface area (Å²) in [6.07, 6.45) is 3.12. The predicted molar refractivity (Wildman–Crippen MR) is 118 cm³/mol. The molecule has 0 bridgehead atoms. The molecule has 0 aliphatic heterocycles. The summed E-state index contributed by atoms with van der Waals surface area (Å²) in [6.45, 7) is 4.15. The Morgan fingerprint density at radius 3 is 1.65 bits per heavy atom. The van der Waals surface area contributed by atoms with Crippen molar-refractivity contribution in [1.82, 2.24) is 0 Å². The molecule has 2 aromatic carbocycles. The fraction of sp³-hybridized carbons (Fsp3) is 0.167. The fourth-order valence-electron chi connectivity index (χ4n) is 2.64. The minimum atomic E-state index is -0.386. The molecule has 1 heterocycles. The van der Waals surface area contributed by atoms with Gasteiger partial charge in [-0.25, -0.2) is 9.59 Å². The Morgan fingerprint density at radius 1 is 0.774 bits per heavy atom. The average molecular weight is 418 g/mol. The summed E-state index contributed by atoms with van der Waals surface area (Å²) < 4.78 is 15.7. The van der Waals surface area contributed by atoms with Crippen LogP contribution in [-0.4, -0.2) is 37.6 Å². The number of hydrogen-bond acceptors (Lipinski definition) is 7. The standard InChI is InChI=1S/C24H22N2O5/c1-3-29-23(27)17-7-5-9-19(13-17)25-15-21-11-12-22(31-21)16-26-20-10-6-8-18(14-20)24(28)30-4-2/h5-16H,3-4H2,1-2H3. The maximum Gasteiger partial charge on any atom is 0.338 e. The Hall–Kier alpha value is -4.00. The van der Waals surface area contributed by atoms with E-state index >= 15 is 0 Å². The van der Waals surface area contributed by atoms with Gasteiger partial charge < -0.3 is 13.9 Å². The van der Waals surface area contributed by atoms with E-state index in [2.05, 4.69) is 9.98 Å². The molecule has 0 aliphatic carbocycles. The molecule has 3 rings (SSSR count). The molecule has 0 radical (unpaired) electrons. The first-order chi connectivity index (χ1) is 15.1. The van der Waals surface area contributed by atoms with Gasteiger partial charge in [-0.15, -0.1) is 0 Å². The number of benzene rings is 2. The van der Waals surface area contributed by atoms with Crippen LogP contribution in [0.4, 0.5) is 11.4 Å². The molecule has 0 N–H and O–H groups in total. The number of ether oxygens (including phenoxy) is 2. The van der Waals surface area contributed by atoms with Gasteiger partial charge in [0.15, 0.2) is 0 Å². The van der Waals surface area contributed by atoms with Crippen LogP contribution in [0.3, 0.4) is 0 Å². The quantitative estimate of drug-likeness (QED) is 0.373. The molecule has 31 heavy (non-hydrogen) atoms. The van der Waals surface area contributed by atoms with Crippen molar-refractivity contribution >= 4 is 35.7 Å². The summed E-state index contributed by atoms with van der Waals surface area (Å²) >= 11 is 0. The van der Waals surface area contributed by atoms with E-state index < -0.39 is 0 Å². The van der Waals surface area contributed by atoms with Gasteiger partial charge in [0, 0.05) is 0 Å². The van der Waals surface area contributed by atoms with E-state index in [4.69, 9.17) is 13.9 Å². The number of carbonyl (C=O) groups excluding carboxylic acids is 2. The minimum Gasteiger partial charge on any atom is -0.462 e. The third-order valence-electron chi connectivity index (χ3n) is 4.04. The zero-order chi connectivity index (χ0) is 22.1. The molecule has 3 aromatic rings. The van der Waals surface area contributed by atoms with Gasteiger partial charge >= 0.3 is 11.9 Å². The number of esters is 2. The van der Waals surface area contributed by atoms with Gasteiger partial charge in [-0.3, -0.25) is 9.98 Å². The van der Waals surface area contributed by atoms with Crippen LogP contribution >= 0.6 is 0 Å². The highest BCUT2D eigenvalue weighted by atomic mass is 16.5. The van der Waals surface area contributed by atoms with Gasteiger partial charge in [0.25, 0.3) is 0 Å². The van der Waals surface area contributed by atoms with Crippen LogP contribution in [0.2, 0.25) is 0 Å². The van der Waals surface area contributed by atoms with Gasteiger partial charge in [0.05, 0.1) is 48.1 Å². The van der Waals surface area contributed by atoms with E-state index in [0.29, 0.717) is 47.2 Å². The average Bonchev–Trinajstić information content (AvgIpc) is 3.25. The highest BCUT2D eigenvalue weighted by Gasteiger charge is 2.07. The third kappa shape index (κ3) is 6.24. The molecule has 0 saturated carbocycles. The molecule has 158 valence electrons. The largest absolute Gasteiger partial charge is 0.462 e. The van der Waals surface area contributed by atoms with Gasteiger partial charge in [-0.05, 0) is 62.4 Å². The van der Waals surface area contributed by atoms with Gasteiger partial charge in [-0.2, -0.15) is 0 Å². The topological polar surface area (TPSA) is 90.5 Å². The van der Waals surface area contributed by atoms with Crippen molar-refractivity contribution in [1.29, 1.82) is 0 Å². The molecule has 0 saturated heterocycles. The van der Waals surface area contributed by atoms with Crippen molar-refractivity contribution in [2.75, 3.05) is 13.2 Å². The minimum absolute atomic E-state index is 0.316. The molecule has 0 spiro atoms. The van der Waals surface area contributed by atoms with Crippen LogP contribution in [0.1, 0.15) is 46.1 Å². The Balaban J connectivity index is 1.67. The summed E-state index contributed by atoms with van der Waals surface area (Å²) in [6, 6.07) is 17.2. The Morgan fingerprint density at radius 2 is 1.23 bits per heavy atom. The lowest BCUT2D eigenvalue weighted by Crippen LogP contribution is -2.03.